The molecule has 0 aliphatic rings. The van der Waals surface area contributed by atoms with E-state index in [4.69, 9.17) is 37.6 Å². The first-order valence-corrected chi connectivity index (χ1v) is 7.75. The second-order valence-corrected chi connectivity index (χ2v) is 5.51. The Morgan fingerprint density at radius 2 is 2.17 bits per heavy atom. The number of rotatable bonds is 6. The molecule has 0 aliphatic carbocycles. The van der Waals surface area contributed by atoms with Gasteiger partial charge in [-0.25, -0.2) is 0 Å². The molecular formula is C17H14Cl2N2O3. The van der Waals surface area contributed by atoms with Crippen molar-refractivity contribution in [3.63, 3.8) is 0 Å². The number of carbonyl (C=O) groups is 1. The zero-order chi connectivity index (χ0) is 17.5. The van der Waals surface area contributed by atoms with Crippen molar-refractivity contribution >= 4 is 35.2 Å². The molecule has 1 heterocycles. The Balaban J connectivity index is 2.21. The second kappa shape index (κ2) is 8.55. The van der Waals surface area contributed by atoms with Gasteiger partial charge >= 0.3 is 0 Å². The highest BCUT2D eigenvalue weighted by Crippen LogP contribution is 2.34. The molecule has 24 heavy (non-hydrogen) atoms. The summed E-state index contributed by atoms with van der Waals surface area (Å²) < 4.78 is 10.5. The van der Waals surface area contributed by atoms with Gasteiger partial charge in [0.1, 0.15) is 23.2 Å². The molecule has 7 heteroatoms. The predicted octanol–water partition coefficient (Wildman–Crippen LogP) is 3.92. The summed E-state index contributed by atoms with van der Waals surface area (Å²) in [5.74, 6) is 0.360. The molecule has 0 fully saturated rings. The van der Waals surface area contributed by atoms with Gasteiger partial charge in [-0.15, -0.1) is 0 Å². The number of furan rings is 1. The number of carbonyl (C=O) groups excluding carboxylic acids is 1. The molecule has 1 amide bonds. The summed E-state index contributed by atoms with van der Waals surface area (Å²) in [5.41, 5.74) is 0.566. The quantitative estimate of drug-likeness (QED) is 0.478. The molecule has 2 aromatic rings. The van der Waals surface area contributed by atoms with Crippen LogP contribution in [0.4, 0.5) is 0 Å². The minimum absolute atomic E-state index is 0.0656. The Hall–Kier alpha value is -2.26. The molecule has 0 unspecified atom stereocenters. The number of nitrogens with one attached hydrogen (secondary N) is 1. The number of benzene rings is 1. The maximum Gasteiger partial charge on any atom is 0.262 e. The lowest BCUT2D eigenvalue weighted by atomic mass is 10.2. The largest absolute Gasteiger partial charge is 0.457 e. The summed E-state index contributed by atoms with van der Waals surface area (Å²) in [6.45, 7) is 0.679. The van der Waals surface area contributed by atoms with E-state index >= 15 is 0 Å². The molecule has 0 atom stereocenters. The number of nitrogens with zero attached hydrogens (tertiary/aromatic N) is 1. The molecule has 1 N–H and O–H groups in total. The number of methoxy groups -OCH3 is 1. The van der Waals surface area contributed by atoms with Gasteiger partial charge < -0.3 is 14.5 Å². The fourth-order valence-corrected chi connectivity index (χ4v) is 2.32. The number of hydrogen-bond acceptors (Lipinski definition) is 4. The number of nitriles is 1. The van der Waals surface area contributed by atoms with Crippen LogP contribution in [-0.4, -0.2) is 26.2 Å². The minimum Gasteiger partial charge on any atom is -0.457 e. The van der Waals surface area contributed by atoms with Gasteiger partial charge in [-0.2, -0.15) is 5.26 Å². The first-order chi connectivity index (χ1) is 11.6. The third-order valence-electron chi connectivity index (χ3n) is 3.09. The maximum atomic E-state index is 11.9. The van der Waals surface area contributed by atoms with Crippen molar-refractivity contribution in [3.05, 3.63) is 51.7 Å². The molecule has 0 saturated carbocycles. The first kappa shape index (κ1) is 18.1. The van der Waals surface area contributed by atoms with Crippen LogP contribution in [0.2, 0.25) is 10.0 Å². The molecular weight excluding hydrogens is 351 g/mol. The van der Waals surface area contributed by atoms with Crippen molar-refractivity contribution in [3.8, 4) is 17.4 Å². The fourth-order valence-electron chi connectivity index (χ4n) is 1.92. The first-order valence-electron chi connectivity index (χ1n) is 7.00. The van der Waals surface area contributed by atoms with Gasteiger partial charge in [-0.3, -0.25) is 4.79 Å². The Labute approximate surface area is 149 Å². The van der Waals surface area contributed by atoms with Crippen molar-refractivity contribution in [2.75, 3.05) is 20.3 Å². The molecule has 124 valence electrons. The minimum atomic E-state index is -0.492. The third kappa shape index (κ3) is 4.39. The van der Waals surface area contributed by atoms with E-state index in [0.717, 1.165) is 0 Å². The van der Waals surface area contributed by atoms with Crippen molar-refractivity contribution < 1.29 is 13.9 Å². The molecule has 1 aromatic carbocycles. The van der Waals surface area contributed by atoms with Gasteiger partial charge in [-0.05, 0) is 24.3 Å². The highest BCUT2D eigenvalue weighted by atomic mass is 35.5. The van der Waals surface area contributed by atoms with E-state index in [1.54, 1.807) is 30.3 Å². The van der Waals surface area contributed by atoms with E-state index in [1.807, 2.05) is 6.07 Å². The molecule has 5 nitrogen and oxygen atoms in total. The standard InChI is InChI=1S/C17H14Cl2N2O3/c1-23-8-7-21-17(22)11(10-20)9-12-5-6-15(24-12)13-3-2-4-14(18)16(13)19/h2-6,9H,7-8H2,1H3,(H,21,22). The van der Waals surface area contributed by atoms with Crippen LogP contribution in [0.1, 0.15) is 5.76 Å². The SMILES string of the molecule is COCCNC(=O)C(C#N)=Cc1ccc(-c2cccc(Cl)c2Cl)o1. The van der Waals surface area contributed by atoms with Crippen molar-refractivity contribution in [1.29, 1.82) is 5.26 Å². The van der Waals surface area contributed by atoms with Gasteiger partial charge in [0, 0.05) is 25.3 Å². The van der Waals surface area contributed by atoms with Gasteiger partial charge in [-0.1, -0.05) is 29.3 Å². The van der Waals surface area contributed by atoms with Crippen molar-refractivity contribution in [2.24, 2.45) is 0 Å². The second-order valence-electron chi connectivity index (χ2n) is 4.72. The molecule has 0 bridgehead atoms. The Kier molecular flexibility index (Phi) is 6.44. The zero-order valence-electron chi connectivity index (χ0n) is 12.8. The summed E-state index contributed by atoms with van der Waals surface area (Å²) >= 11 is 12.1. The van der Waals surface area contributed by atoms with E-state index in [2.05, 4.69) is 5.32 Å². The highest BCUT2D eigenvalue weighted by Gasteiger charge is 2.13. The van der Waals surface area contributed by atoms with Crippen LogP contribution in [0.5, 0.6) is 0 Å². The van der Waals surface area contributed by atoms with Crippen molar-refractivity contribution in [2.45, 2.75) is 0 Å². The van der Waals surface area contributed by atoms with Gasteiger partial charge in [0.2, 0.25) is 0 Å². The predicted molar refractivity (Wildman–Crippen MR) is 92.6 cm³/mol. The summed E-state index contributed by atoms with van der Waals surface area (Å²) in [6, 6.07) is 10.4. The Morgan fingerprint density at radius 1 is 1.38 bits per heavy atom. The van der Waals surface area contributed by atoms with Gasteiger partial charge in [0.25, 0.3) is 5.91 Å². The molecule has 0 spiro atoms. The lowest BCUT2D eigenvalue weighted by Gasteiger charge is -2.03. The van der Waals surface area contributed by atoms with E-state index in [9.17, 15) is 4.79 Å². The van der Waals surface area contributed by atoms with E-state index < -0.39 is 5.91 Å². The van der Waals surface area contributed by atoms with Crippen LogP contribution in [0.3, 0.4) is 0 Å². The third-order valence-corrected chi connectivity index (χ3v) is 3.91. The molecule has 0 radical (unpaired) electrons. The number of halogens is 2. The molecule has 0 saturated heterocycles. The van der Waals surface area contributed by atoms with Gasteiger partial charge in [0.05, 0.1) is 16.7 Å². The van der Waals surface area contributed by atoms with E-state index in [1.165, 1.54) is 13.2 Å². The highest BCUT2D eigenvalue weighted by molar-refractivity contribution is 6.43. The number of hydrogen-bond donors (Lipinski definition) is 1. The van der Waals surface area contributed by atoms with E-state index in [-0.39, 0.29) is 5.57 Å². The summed E-state index contributed by atoms with van der Waals surface area (Å²) in [5, 5.41) is 12.5. The zero-order valence-corrected chi connectivity index (χ0v) is 14.3. The van der Waals surface area contributed by atoms with Crippen LogP contribution < -0.4 is 5.32 Å². The normalized spacial score (nSPS) is 11.2. The van der Waals surface area contributed by atoms with Crippen LogP contribution in [0.15, 0.2) is 40.3 Å². The number of ether oxygens (including phenoxy) is 1. The monoisotopic (exact) mass is 364 g/mol. The van der Waals surface area contributed by atoms with Crippen LogP contribution in [0.25, 0.3) is 17.4 Å². The smallest absolute Gasteiger partial charge is 0.262 e. The molecule has 2 rings (SSSR count). The topological polar surface area (TPSA) is 75.3 Å². The van der Waals surface area contributed by atoms with Crippen LogP contribution in [0, 0.1) is 11.3 Å². The lowest BCUT2D eigenvalue weighted by Crippen LogP contribution is -2.27. The Morgan fingerprint density at radius 3 is 2.88 bits per heavy atom. The summed E-state index contributed by atoms with van der Waals surface area (Å²) in [6.07, 6.45) is 1.37. The maximum absolute atomic E-state index is 11.9. The summed E-state index contributed by atoms with van der Waals surface area (Å²) in [4.78, 5) is 11.9. The lowest BCUT2D eigenvalue weighted by molar-refractivity contribution is -0.117. The van der Waals surface area contributed by atoms with Crippen LogP contribution >= 0.6 is 23.2 Å². The average Bonchev–Trinajstić information content (AvgIpc) is 3.03. The molecule has 1 aromatic heterocycles. The van der Waals surface area contributed by atoms with Gasteiger partial charge in [0.15, 0.2) is 0 Å². The number of amides is 1. The average molecular weight is 365 g/mol. The summed E-state index contributed by atoms with van der Waals surface area (Å²) in [7, 11) is 1.53. The van der Waals surface area contributed by atoms with Crippen molar-refractivity contribution in [1.82, 2.24) is 5.32 Å². The van der Waals surface area contributed by atoms with Crippen LogP contribution in [-0.2, 0) is 9.53 Å². The fraction of sp³-hybridized carbons (Fsp3) is 0.176. The van der Waals surface area contributed by atoms with E-state index in [0.29, 0.717) is 40.3 Å². The molecule has 0 aliphatic heterocycles. The Bertz CT molecular complexity index is 806.